The van der Waals surface area contributed by atoms with Crippen LogP contribution in [0.2, 0.25) is 0 Å². The molecule has 1 aromatic rings. The molecule has 0 spiro atoms. The van der Waals surface area contributed by atoms with Gasteiger partial charge in [-0.1, -0.05) is 17.7 Å². The highest BCUT2D eigenvalue weighted by atomic mass is 19.1. The quantitative estimate of drug-likeness (QED) is 0.733. The topological polar surface area (TPSA) is 26.3 Å². The predicted octanol–water partition coefficient (Wildman–Crippen LogP) is 3.29. The molecule has 0 saturated carbocycles. The zero-order valence-corrected chi connectivity index (χ0v) is 9.87. The van der Waals surface area contributed by atoms with Gasteiger partial charge in [0, 0.05) is 6.42 Å². The van der Waals surface area contributed by atoms with Crippen molar-refractivity contribution in [1.29, 1.82) is 0 Å². The number of halogens is 1. The van der Waals surface area contributed by atoms with E-state index in [9.17, 15) is 9.18 Å². The Hall–Kier alpha value is -1.38. The Kier molecular flexibility index (Phi) is 4.47. The minimum absolute atomic E-state index is 0.234. The Balaban J connectivity index is 2.59. The number of aryl methyl sites for hydroxylation is 1. The molecule has 88 valence electrons. The summed E-state index contributed by atoms with van der Waals surface area (Å²) in [5.41, 5.74) is 1.51. The maximum Gasteiger partial charge on any atom is 0.338 e. The largest absolute Gasteiger partial charge is 0.459 e. The molecular formula is C13H17FO2. The second-order valence-corrected chi connectivity index (χ2v) is 4.10. The van der Waals surface area contributed by atoms with Gasteiger partial charge in [0.15, 0.2) is 0 Å². The van der Waals surface area contributed by atoms with Gasteiger partial charge in [0.2, 0.25) is 0 Å². The van der Waals surface area contributed by atoms with Crippen molar-refractivity contribution in [2.45, 2.75) is 39.5 Å². The molecule has 16 heavy (non-hydrogen) atoms. The molecule has 0 radical (unpaired) electrons. The fraction of sp³-hybridized carbons (Fsp3) is 0.462. The fourth-order valence-corrected chi connectivity index (χ4v) is 1.53. The zero-order chi connectivity index (χ0) is 12.1. The van der Waals surface area contributed by atoms with Gasteiger partial charge in [-0.3, -0.25) is 0 Å². The Bertz CT molecular complexity index is 361. The Morgan fingerprint density at radius 2 is 2.12 bits per heavy atom. The highest BCUT2D eigenvalue weighted by molar-refractivity contribution is 5.89. The second kappa shape index (κ2) is 5.64. The van der Waals surface area contributed by atoms with Crippen molar-refractivity contribution in [2.75, 3.05) is 0 Å². The molecule has 1 rings (SSSR count). The van der Waals surface area contributed by atoms with Crippen molar-refractivity contribution >= 4 is 5.97 Å². The number of rotatable bonds is 4. The molecule has 0 amide bonds. The lowest BCUT2D eigenvalue weighted by Crippen LogP contribution is -2.18. The van der Waals surface area contributed by atoms with Crippen LogP contribution in [0, 0.1) is 6.92 Å². The van der Waals surface area contributed by atoms with Crippen LogP contribution in [0.3, 0.4) is 0 Å². The first kappa shape index (κ1) is 12.7. The van der Waals surface area contributed by atoms with Crippen molar-refractivity contribution in [1.82, 2.24) is 0 Å². The molecule has 1 aromatic carbocycles. The summed E-state index contributed by atoms with van der Waals surface area (Å²) >= 11 is 0. The van der Waals surface area contributed by atoms with Crippen LogP contribution in [0.5, 0.6) is 0 Å². The summed E-state index contributed by atoms with van der Waals surface area (Å²) in [5.74, 6) is -0.392. The van der Waals surface area contributed by atoms with Gasteiger partial charge in [-0.15, -0.1) is 0 Å². The van der Waals surface area contributed by atoms with Crippen molar-refractivity contribution in [3.05, 3.63) is 35.4 Å². The maximum atomic E-state index is 12.7. The zero-order valence-electron chi connectivity index (χ0n) is 9.87. The van der Waals surface area contributed by atoms with Crippen LogP contribution in [0.15, 0.2) is 24.3 Å². The number of benzene rings is 1. The molecular weight excluding hydrogens is 207 g/mol. The molecule has 0 bridgehead atoms. The van der Waals surface area contributed by atoms with E-state index in [0.29, 0.717) is 5.56 Å². The summed E-state index contributed by atoms with van der Waals surface area (Å²) in [6.07, 6.45) is -1.12. The summed E-state index contributed by atoms with van der Waals surface area (Å²) in [7, 11) is 0. The Morgan fingerprint density at radius 1 is 1.44 bits per heavy atom. The summed E-state index contributed by atoms with van der Waals surface area (Å²) in [5, 5.41) is 0. The highest BCUT2D eigenvalue weighted by Crippen LogP contribution is 2.10. The van der Waals surface area contributed by atoms with E-state index in [2.05, 4.69) is 0 Å². The number of alkyl halides is 1. The van der Waals surface area contributed by atoms with Crippen LogP contribution in [-0.4, -0.2) is 18.2 Å². The maximum absolute atomic E-state index is 12.7. The molecule has 0 aliphatic rings. The standard InChI is InChI=1S/C13H17FO2/c1-9-5-4-6-12(7-9)13(15)16-11(3)8-10(2)14/h4-7,10-11H,8H2,1-3H3/t10-,11+/m1/s1. The van der Waals surface area contributed by atoms with Gasteiger partial charge in [-0.2, -0.15) is 0 Å². The van der Waals surface area contributed by atoms with Crippen molar-refractivity contribution in [2.24, 2.45) is 0 Å². The van der Waals surface area contributed by atoms with Crippen molar-refractivity contribution < 1.29 is 13.9 Å². The molecule has 3 heteroatoms. The number of carbonyl (C=O) groups excluding carboxylic acids is 1. The van der Waals surface area contributed by atoms with E-state index < -0.39 is 18.2 Å². The lowest BCUT2D eigenvalue weighted by atomic mass is 10.1. The monoisotopic (exact) mass is 224 g/mol. The van der Waals surface area contributed by atoms with E-state index in [0.717, 1.165) is 5.56 Å². The van der Waals surface area contributed by atoms with Crippen molar-refractivity contribution in [3.8, 4) is 0 Å². The van der Waals surface area contributed by atoms with Gasteiger partial charge in [-0.05, 0) is 32.9 Å². The smallest absolute Gasteiger partial charge is 0.338 e. The van der Waals surface area contributed by atoms with Crippen LogP contribution in [0.4, 0.5) is 4.39 Å². The van der Waals surface area contributed by atoms with Crippen LogP contribution in [0.25, 0.3) is 0 Å². The summed E-state index contributed by atoms with van der Waals surface area (Å²) in [6.45, 7) is 5.06. The first-order valence-corrected chi connectivity index (χ1v) is 5.40. The molecule has 0 fully saturated rings. The van der Waals surface area contributed by atoms with Gasteiger partial charge >= 0.3 is 5.97 Å². The van der Waals surface area contributed by atoms with Crippen LogP contribution >= 0.6 is 0 Å². The third-order valence-electron chi connectivity index (χ3n) is 2.22. The summed E-state index contributed by atoms with van der Waals surface area (Å²) in [6, 6.07) is 7.16. The van der Waals surface area contributed by atoms with E-state index in [1.807, 2.05) is 13.0 Å². The van der Waals surface area contributed by atoms with E-state index in [4.69, 9.17) is 4.74 Å². The molecule has 0 saturated heterocycles. The number of esters is 1. The lowest BCUT2D eigenvalue weighted by molar-refractivity contribution is 0.0280. The predicted molar refractivity (Wildman–Crippen MR) is 61.2 cm³/mol. The number of hydrogen-bond donors (Lipinski definition) is 0. The Morgan fingerprint density at radius 3 is 2.69 bits per heavy atom. The second-order valence-electron chi connectivity index (χ2n) is 4.10. The van der Waals surface area contributed by atoms with Crippen LogP contribution in [-0.2, 0) is 4.74 Å². The molecule has 0 aliphatic heterocycles. The molecule has 0 aliphatic carbocycles. The molecule has 2 atom stereocenters. The summed E-state index contributed by atoms with van der Waals surface area (Å²) < 4.78 is 17.8. The first-order chi connectivity index (χ1) is 7.49. The molecule has 0 aromatic heterocycles. The number of carbonyl (C=O) groups is 1. The summed E-state index contributed by atoms with van der Waals surface area (Å²) in [4.78, 5) is 11.6. The highest BCUT2D eigenvalue weighted by Gasteiger charge is 2.14. The van der Waals surface area contributed by atoms with E-state index >= 15 is 0 Å². The third-order valence-corrected chi connectivity index (χ3v) is 2.22. The van der Waals surface area contributed by atoms with Crippen molar-refractivity contribution in [3.63, 3.8) is 0 Å². The minimum Gasteiger partial charge on any atom is -0.459 e. The van der Waals surface area contributed by atoms with Gasteiger partial charge in [-0.25, -0.2) is 9.18 Å². The molecule has 0 unspecified atom stereocenters. The molecule has 2 nitrogen and oxygen atoms in total. The van der Waals surface area contributed by atoms with Gasteiger partial charge < -0.3 is 4.74 Å². The first-order valence-electron chi connectivity index (χ1n) is 5.40. The molecule has 0 heterocycles. The number of hydrogen-bond acceptors (Lipinski definition) is 2. The van der Waals surface area contributed by atoms with Crippen LogP contribution < -0.4 is 0 Å². The third kappa shape index (κ3) is 4.01. The van der Waals surface area contributed by atoms with E-state index in [-0.39, 0.29) is 6.42 Å². The van der Waals surface area contributed by atoms with E-state index in [1.165, 1.54) is 6.92 Å². The number of ether oxygens (including phenoxy) is 1. The van der Waals surface area contributed by atoms with Gasteiger partial charge in [0.25, 0.3) is 0 Å². The Labute approximate surface area is 95.4 Å². The van der Waals surface area contributed by atoms with Crippen LogP contribution in [0.1, 0.15) is 36.2 Å². The normalized spacial score (nSPS) is 14.2. The van der Waals surface area contributed by atoms with Gasteiger partial charge in [0.05, 0.1) is 5.56 Å². The average molecular weight is 224 g/mol. The van der Waals surface area contributed by atoms with E-state index in [1.54, 1.807) is 25.1 Å². The fourth-order valence-electron chi connectivity index (χ4n) is 1.53. The average Bonchev–Trinajstić information content (AvgIpc) is 2.16. The lowest BCUT2D eigenvalue weighted by Gasteiger charge is -2.13. The SMILES string of the molecule is Cc1cccc(C(=O)O[C@@H](C)C[C@@H](C)F)c1. The minimum atomic E-state index is -0.958. The molecule has 0 N–H and O–H groups in total. The van der Waals surface area contributed by atoms with Gasteiger partial charge in [0.1, 0.15) is 12.3 Å².